The Morgan fingerprint density at radius 1 is 1.38 bits per heavy atom. The van der Waals surface area contributed by atoms with Crippen molar-refractivity contribution >= 4 is 11.3 Å². The minimum atomic E-state index is -0.00278. The maximum Gasteiger partial charge on any atom is 0.217 e. The second-order valence-corrected chi connectivity index (χ2v) is 8.55. The zero-order valence-electron chi connectivity index (χ0n) is 14.0. The molecule has 1 spiro atoms. The third-order valence-electron chi connectivity index (χ3n) is 5.83. The fourth-order valence-electron chi connectivity index (χ4n) is 4.65. The molecule has 2 aromatic rings. The number of pyridine rings is 1. The van der Waals surface area contributed by atoms with Gasteiger partial charge < -0.3 is 10.1 Å². The molecule has 0 unspecified atom stereocenters. The zero-order valence-corrected chi connectivity index (χ0v) is 14.9. The number of ether oxygens (including phenoxy) is 1. The lowest BCUT2D eigenvalue weighted by molar-refractivity contribution is -0.0814. The summed E-state index contributed by atoms with van der Waals surface area (Å²) in [6.45, 7) is 4.49. The van der Waals surface area contributed by atoms with Crippen LogP contribution < -0.4 is 10.1 Å². The molecular weight excluding hydrogens is 318 g/mol. The minimum Gasteiger partial charge on any atom is -0.469 e. The molecule has 0 saturated carbocycles. The number of rotatable bonds is 3. The van der Waals surface area contributed by atoms with Crippen molar-refractivity contribution in [2.24, 2.45) is 5.92 Å². The van der Waals surface area contributed by atoms with E-state index in [1.54, 1.807) is 0 Å². The lowest BCUT2D eigenvalue weighted by atomic mass is 9.73. The van der Waals surface area contributed by atoms with Crippen LogP contribution in [0.5, 0.6) is 5.88 Å². The van der Waals surface area contributed by atoms with Gasteiger partial charge in [-0.2, -0.15) is 0 Å². The van der Waals surface area contributed by atoms with Crippen LogP contribution in [0.2, 0.25) is 0 Å². The molecule has 0 aliphatic carbocycles. The molecule has 0 aromatic carbocycles. The number of fused-ring (bicyclic) bond motifs is 3. The van der Waals surface area contributed by atoms with Crippen molar-refractivity contribution in [2.75, 3.05) is 26.7 Å². The molecule has 3 saturated heterocycles. The average molecular weight is 341 g/mol. The van der Waals surface area contributed by atoms with Crippen LogP contribution in [0.25, 0.3) is 10.4 Å². The van der Waals surface area contributed by atoms with Gasteiger partial charge in [-0.1, -0.05) is 0 Å². The summed E-state index contributed by atoms with van der Waals surface area (Å²) in [4.78, 5) is 9.90. The van der Waals surface area contributed by atoms with E-state index in [0.29, 0.717) is 5.92 Å². The summed E-state index contributed by atoms with van der Waals surface area (Å²) < 4.78 is 6.44. The predicted octanol–water partition coefficient (Wildman–Crippen LogP) is 2.93. The summed E-state index contributed by atoms with van der Waals surface area (Å²) in [5, 5.41) is 3.21. The average Bonchev–Trinajstić information content (AvgIpc) is 3.19. The van der Waals surface area contributed by atoms with Crippen molar-refractivity contribution in [1.82, 2.24) is 15.2 Å². The highest BCUT2D eigenvalue weighted by atomic mass is 32.1. The fourth-order valence-corrected chi connectivity index (χ4v) is 5.65. The van der Waals surface area contributed by atoms with Crippen molar-refractivity contribution in [3.05, 3.63) is 34.8 Å². The normalized spacial score (nSPS) is 30.5. The monoisotopic (exact) mass is 341 g/mol. The van der Waals surface area contributed by atoms with Gasteiger partial charge in [-0.15, -0.1) is 11.3 Å². The van der Waals surface area contributed by atoms with Crippen molar-refractivity contribution in [3.63, 3.8) is 0 Å². The summed E-state index contributed by atoms with van der Waals surface area (Å²) in [7, 11) is 1.99. The summed E-state index contributed by atoms with van der Waals surface area (Å²) >= 11 is 1.84. The van der Waals surface area contributed by atoms with E-state index in [1.165, 1.54) is 46.8 Å². The first-order valence-electron chi connectivity index (χ1n) is 8.90. The molecule has 0 radical (unpaired) electrons. The van der Waals surface area contributed by atoms with E-state index < -0.39 is 0 Å². The molecule has 5 heteroatoms. The molecule has 6 heterocycles. The van der Waals surface area contributed by atoms with Crippen molar-refractivity contribution in [3.8, 4) is 16.3 Å². The highest BCUT2D eigenvalue weighted by molar-refractivity contribution is 7.15. The van der Waals surface area contributed by atoms with Crippen LogP contribution in [0, 0.1) is 5.92 Å². The maximum absolute atomic E-state index is 6.44. The molecule has 6 rings (SSSR count). The van der Waals surface area contributed by atoms with E-state index in [0.717, 1.165) is 25.4 Å². The van der Waals surface area contributed by atoms with Gasteiger partial charge in [0.2, 0.25) is 5.88 Å². The summed E-state index contributed by atoms with van der Waals surface area (Å²) in [6, 6.07) is 6.72. The molecule has 1 N–H and O–H groups in total. The van der Waals surface area contributed by atoms with Gasteiger partial charge in [0.25, 0.3) is 0 Å². The molecule has 1 atom stereocenters. The number of piperidine rings is 3. The second-order valence-electron chi connectivity index (χ2n) is 7.38. The molecule has 24 heavy (non-hydrogen) atoms. The Balaban J connectivity index is 1.43. The number of thiophene rings is 1. The van der Waals surface area contributed by atoms with E-state index in [9.17, 15) is 0 Å². The molecule has 2 bridgehead atoms. The number of aromatic nitrogens is 1. The topological polar surface area (TPSA) is 37.4 Å². The second kappa shape index (κ2) is 5.55. The third-order valence-corrected chi connectivity index (χ3v) is 6.97. The number of hydrogen-bond donors (Lipinski definition) is 1. The Labute approximate surface area is 146 Å². The third kappa shape index (κ3) is 2.30. The van der Waals surface area contributed by atoms with Gasteiger partial charge in [-0.3, -0.25) is 4.90 Å². The van der Waals surface area contributed by atoms with Gasteiger partial charge in [0.05, 0.1) is 0 Å². The quantitative estimate of drug-likeness (QED) is 0.931. The van der Waals surface area contributed by atoms with Crippen molar-refractivity contribution in [1.29, 1.82) is 0 Å². The van der Waals surface area contributed by atoms with Gasteiger partial charge in [-0.05, 0) is 51.2 Å². The van der Waals surface area contributed by atoms with Crippen LogP contribution in [0.15, 0.2) is 24.4 Å². The van der Waals surface area contributed by atoms with Crippen molar-refractivity contribution < 1.29 is 4.74 Å². The maximum atomic E-state index is 6.44. The van der Waals surface area contributed by atoms with Crippen LogP contribution in [0.4, 0.5) is 0 Å². The van der Waals surface area contributed by atoms with E-state index in [1.807, 2.05) is 24.6 Å². The lowest BCUT2D eigenvalue weighted by Crippen LogP contribution is -2.61. The summed E-state index contributed by atoms with van der Waals surface area (Å²) in [5.74, 6) is 1.57. The Hall–Kier alpha value is -1.43. The van der Waals surface area contributed by atoms with E-state index in [2.05, 4.69) is 33.4 Å². The highest BCUT2D eigenvalue weighted by Gasteiger charge is 2.52. The van der Waals surface area contributed by atoms with E-state index >= 15 is 0 Å². The summed E-state index contributed by atoms with van der Waals surface area (Å²) in [6.07, 6.45) is 5.56. The standard InChI is InChI=1S/C19H23N3OS/c1-20-11-16-2-3-17(24-16)14-8-13-9-19(23-18(13)21-10-14)12-22-6-4-15(19)5-7-22/h2-3,8,10,15,20H,4-7,9,11-12H2,1H3/t19-/m1/s1. The highest BCUT2D eigenvalue weighted by Crippen LogP contribution is 2.46. The van der Waals surface area contributed by atoms with Crippen LogP contribution in [-0.2, 0) is 13.0 Å². The number of nitrogens with zero attached hydrogens (tertiary/aromatic N) is 2. The minimum absolute atomic E-state index is 0.00278. The Morgan fingerprint density at radius 3 is 3.00 bits per heavy atom. The molecular formula is C19H23N3OS. The largest absolute Gasteiger partial charge is 0.469 e. The molecule has 4 aliphatic rings. The van der Waals surface area contributed by atoms with E-state index in [4.69, 9.17) is 4.74 Å². The predicted molar refractivity (Wildman–Crippen MR) is 96.5 cm³/mol. The van der Waals surface area contributed by atoms with Gasteiger partial charge in [-0.25, -0.2) is 4.98 Å². The molecule has 4 aliphatic heterocycles. The van der Waals surface area contributed by atoms with Crippen LogP contribution in [0.1, 0.15) is 23.3 Å². The first-order valence-corrected chi connectivity index (χ1v) is 9.71. The molecule has 126 valence electrons. The van der Waals surface area contributed by atoms with Gasteiger partial charge >= 0.3 is 0 Å². The number of nitrogens with one attached hydrogen (secondary N) is 1. The number of hydrogen-bond acceptors (Lipinski definition) is 5. The smallest absolute Gasteiger partial charge is 0.217 e. The first kappa shape index (κ1) is 14.9. The Kier molecular flexibility index (Phi) is 3.44. The molecule has 4 nitrogen and oxygen atoms in total. The van der Waals surface area contributed by atoms with Crippen LogP contribution >= 0.6 is 11.3 Å². The van der Waals surface area contributed by atoms with Crippen LogP contribution in [0.3, 0.4) is 0 Å². The lowest BCUT2D eigenvalue weighted by Gasteiger charge is -2.50. The van der Waals surface area contributed by atoms with Gasteiger partial charge in [0, 0.05) is 52.5 Å². The molecule has 3 fully saturated rings. The fraction of sp³-hybridized carbons (Fsp3) is 0.526. The van der Waals surface area contributed by atoms with Crippen LogP contribution in [-0.4, -0.2) is 42.2 Å². The molecule has 2 aromatic heterocycles. The Bertz CT molecular complexity index is 766. The van der Waals surface area contributed by atoms with E-state index in [-0.39, 0.29) is 5.60 Å². The van der Waals surface area contributed by atoms with Gasteiger partial charge in [0.1, 0.15) is 5.60 Å². The first-order chi connectivity index (χ1) is 11.8. The zero-order chi connectivity index (χ0) is 16.1. The van der Waals surface area contributed by atoms with Gasteiger partial charge in [0.15, 0.2) is 0 Å². The summed E-state index contributed by atoms with van der Waals surface area (Å²) in [5.41, 5.74) is 2.52. The van der Waals surface area contributed by atoms with Crippen molar-refractivity contribution in [2.45, 2.75) is 31.4 Å². The Morgan fingerprint density at radius 2 is 2.25 bits per heavy atom. The molecule has 0 amide bonds. The SMILES string of the molecule is CNCc1ccc(-c2cnc3c(c2)C[C@]2(CN4CCC2CC4)O3)s1.